The molecule has 0 atom stereocenters. The van der Waals surface area contributed by atoms with Crippen LogP contribution in [0, 0.1) is 0 Å². The van der Waals surface area contributed by atoms with E-state index in [9.17, 15) is 0 Å². The lowest BCUT2D eigenvalue weighted by molar-refractivity contribution is 0.666. The largest absolute Gasteiger partial charge is 0.455 e. The first-order chi connectivity index (χ1) is 73.7. The van der Waals surface area contributed by atoms with Crippen molar-refractivity contribution in [3.63, 3.8) is 0 Å². The van der Waals surface area contributed by atoms with Crippen molar-refractivity contribution in [3.05, 3.63) is 533 Å². The van der Waals surface area contributed by atoms with Crippen molar-refractivity contribution in [1.82, 2.24) is 27.4 Å². The van der Waals surface area contributed by atoms with Crippen LogP contribution in [0.3, 0.4) is 0 Å². The van der Waals surface area contributed by atoms with Crippen molar-refractivity contribution in [1.29, 1.82) is 0 Å². The molecule has 31 aromatic rings. The summed E-state index contributed by atoms with van der Waals surface area (Å²) in [5.74, 6) is 0. The summed E-state index contributed by atoms with van der Waals surface area (Å²) in [6, 6.07) is 190. The third-order valence-electron chi connectivity index (χ3n) is 31.6. The number of hydrogen-bond donors (Lipinski definition) is 0. The van der Waals surface area contributed by atoms with Crippen molar-refractivity contribution in [2.45, 2.75) is 19.3 Å². The molecule has 0 bridgehead atoms. The predicted octanol–water partition coefficient (Wildman–Crippen LogP) is 38.6. The van der Waals surface area contributed by atoms with Crippen LogP contribution in [-0.4, -0.2) is 27.4 Å². The van der Waals surface area contributed by atoms with Gasteiger partial charge in [0.1, 0.15) is 11.2 Å². The maximum absolute atomic E-state index is 6.60. The van der Waals surface area contributed by atoms with Crippen molar-refractivity contribution < 1.29 is 4.42 Å². The lowest BCUT2D eigenvalue weighted by Gasteiger charge is -2.22. The van der Waals surface area contributed by atoms with Gasteiger partial charge >= 0.3 is 0 Å². The zero-order valence-electron chi connectivity index (χ0n) is 81.7. The van der Waals surface area contributed by atoms with E-state index >= 15 is 0 Å². The second-order valence-corrected chi connectivity index (χ2v) is 41.0. The van der Waals surface area contributed by atoms with Crippen LogP contribution in [0.1, 0.15) is 25.0 Å². The number of hydrogen-bond acceptors (Lipinski definition) is 2. The van der Waals surface area contributed by atoms with Gasteiger partial charge in [0.15, 0.2) is 0 Å². The van der Waals surface area contributed by atoms with E-state index in [1.165, 1.54) is 235 Å². The van der Waals surface area contributed by atoms with Gasteiger partial charge in [0.05, 0.1) is 71.6 Å². The second-order valence-electron chi connectivity index (χ2n) is 40.0. The minimum absolute atomic E-state index is 0.0769. The van der Waals surface area contributed by atoms with Crippen LogP contribution in [0.2, 0.25) is 0 Å². The van der Waals surface area contributed by atoms with E-state index in [1.807, 2.05) is 17.4 Å². The van der Waals surface area contributed by atoms with Crippen molar-refractivity contribution in [2.24, 2.45) is 0 Å². The molecule has 0 fully saturated rings. The molecule has 8 heteroatoms. The van der Waals surface area contributed by atoms with Crippen LogP contribution >= 0.6 is 11.3 Å². The zero-order chi connectivity index (χ0) is 98.2. The fourth-order valence-corrected chi connectivity index (χ4v) is 26.2. The molecule has 698 valence electrons. The molecule has 23 aromatic carbocycles. The zero-order valence-corrected chi connectivity index (χ0v) is 82.5. The predicted molar refractivity (Wildman–Crippen MR) is 630 cm³/mol. The first-order valence-electron chi connectivity index (χ1n) is 51.3. The lowest BCUT2D eigenvalue weighted by atomic mass is 9.80. The summed E-state index contributed by atoms with van der Waals surface area (Å²) in [4.78, 5) is 0. The minimum Gasteiger partial charge on any atom is -0.455 e. The Hall–Kier alpha value is -19.1. The molecular weight excluding hydrogens is 1830 g/mol. The van der Waals surface area contributed by atoms with Crippen LogP contribution in [-0.2, 0) is 5.41 Å². The number of para-hydroxylation sites is 9. The van der Waals surface area contributed by atoms with Crippen LogP contribution in [0.4, 0.5) is 0 Å². The number of fused-ring (bicyclic) bond motifs is 30. The van der Waals surface area contributed by atoms with Gasteiger partial charge in [-0.05, 0) is 254 Å². The van der Waals surface area contributed by atoms with E-state index in [0.717, 1.165) is 49.7 Å². The smallest absolute Gasteiger partial charge is 0.145 e. The van der Waals surface area contributed by atoms with Crippen LogP contribution in [0.25, 0.3) is 274 Å². The molecule has 0 radical (unpaired) electrons. The van der Waals surface area contributed by atoms with Crippen molar-refractivity contribution in [2.75, 3.05) is 0 Å². The summed E-state index contributed by atoms with van der Waals surface area (Å²) in [5, 5.41) is 20.1. The number of rotatable bonds is 11. The van der Waals surface area contributed by atoms with Crippen LogP contribution in [0.15, 0.2) is 526 Å². The molecule has 0 aliphatic heterocycles. The van der Waals surface area contributed by atoms with Gasteiger partial charge in [-0.3, -0.25) is 0 Å². The summed E-state index contributed by atoms with van der Waals surface area (Å²) in [6.07, 6.45) is 0. The molecule has 0 unspecified atom stereocenters. The Kier molecular flexibility index (Phi) is 19.5. The highest BCUT2D eigenvalue weighted by Crippen LogP contribution is 2.55. The molecule has 0 spiro atoms. The SMILES string of the molecule is CC1(C)c2ccccc2-c2ccc3c(c21)c1ccccc1n3-c1ccc(-c2ccc3c(c2)c2ccccc2n3-c2ccccc2)cc1.c1ccc(-c2ccc3c4c5oc6ccccc6c5ccc4n(-c4ccc(-c5ccc6c(c5)c5ccccc5n6-c5ccccc5)cc4)c3c2)cc1.c1ccc(-c2cccc3c2sc2c3ccc3c2c2ccccc2n3-c2ccc(-c3ccc4c(c3)c3ccccc3n4-c3ccccc3)cc2)cc1. The Morgan fingerprint density at radius 1 is 0.174 bits per heavy atom. The van der Waals surface area contributed by atoms with Gasteiger partial charge in [0, 0.05) is 130 Å². The molecule has 7 nitrogen and oxygen atoms in total. The third-order valence-corrected chi connectivity index (χ3v) is 32.8. The highest BCUT2D eigenvalue weighted by Gasteiger charge is 2.39. The monoisotopic (exact) mass is 1920 g/mol. The van der Waals surface area contributed by atoms with E-state index in [-0.39, 0.29) is 5.41 Å². The Labute approximate surface area is 862 Å². The summed E-state index contributed by atoms with van der Waals surface area (Å²) in [7, 11) is 0. The molecule has 8 aromatic heterocycles. The highest BCUT2D eigenvalue weighted by atomic mass is 32.1. The van der Waals surface area contributed by atoms with Gasteiger partial charge in [0.2, 0.25) is 0 Å². The van der Waals surface area contributed by atoms with E-state index < -0.39 is 0 Å². The first-order valence-corrected chi connectivity index (χ1v) is 52.1. The molecule has 149 heavy (non-hydrogen) atoms. The Morgan fingerprint density at radius 3 is 0.987 bits per heavy atom. The molecule has 1 aliphatic rings. The fourth-order valence-electron chi connectivity index (χ4n) is 24.8. The van der Waals surface area contributed by atoms with E-state index in [4.69, 9.17) is 4.42 Å². The molecule has 1 aliphatic carbocycles. The maximum Gasteiger partial charge on any atom is 0.145 e. The lowest BCUT2D eigenvalue weighted by Crippen LogP contribution is -2.15. The number of aromatic nitrogens is 6. The molecule has 0 N–H and O–H groups in total. The topological polar surface area (TPSA) is 42.7 Å². The Bertz CT molecular complexity index is 10900. The number of thiophene rings is 1. The minimum atomic E-state index is -0.0769. The van der Waals surface area contributed by atoms with Gasteiger partial charge in [-0.1, -0.05) is 360 Å². The molecule has 8 heterocycles. The number of nitrogens with zero attached hydrogens (tertiary/aromatic N) is 6. The third kappa shape index (κ3) is 13.4. The normalized spacial score (nSPS) is 12.4. The Balaban J connectivity index is 0.000000103. The second kappa shape index (κ2) is 34.0. The number of furan rings is 1. The quantitative estimate of drug-likeness (QED) is 0.127. The fraction of sp³-hybridized carbons (Fsp3) is 0.0213. The van der Waals surface area contributed by atoms with Crippen LogP contribution in [0.5, 0.6) is 0 Å². The average Bonchev–Trinajstić information content (AvgIpc) is 1.72. The van der Waals surface area contributed by atoms with E-state index in [2.05, 4.69) is 557 Å². The maximum atomic E-state index is 6.60. The standard InChI is InChI=1S/C48H30N2O.C48H30N2S.C45H32N2/c1-3-11-31(12-4-1)34-21-25-40-45(30-34)50(44-28-26-39-38-16-8-10-18-46(38)51-48(39)47(40)44)36-23-19-32(20-24-36)33-22-27-43-41(29-33)37-15-7-9-17-42(37)49(43)35-13-5-2-6-14-35;1-3-12-32(13-4-1)36-18-11-19-38-39-27-29-45-46(48(39)51-47(36)38)40-17-8-10-21-43(40)50(45)35-25-22-31(23-26-35)33-24-28-44-41(30-33)37-16-7-9-20-42(37)49(44)34-14-5-2-6-15-34;1-45(2)38-17-9-6-14-33(38)35-25-27-42-43(44(35)45)36-16-8-11-19-40(36)47(42)32-23-20-29(21-24-32)30-22-26-41-37(28-30)34-15-7-10-18-39(34)46(41)31-12-4-3-5-13-31/h2*1-30H;3-28H,1-2H3. The average molecular weight is 1920 g/mol. The first kappa shape index (κ1) is 85.5. The molecule has 0 saturated carbocycles. The molecular formula is C141H92N6OS. The van der Waals surface area contributed by atoms with Crippen molar-refractivity contribution >= 4 is 184 Å². The van der Waals surface area contributed by atoms with Gasteiger partial charge in [0.25, 0.3) is 0 Å². The van der Waals surface area contributed by atoms with Gasteiger partial charge in [-0.25, -0.2) is 0 Å². The summed E-state index contributed by atoms with van der Waals surface area (Å²) in [6.45, 7) is 4.76. The molecule has 0 saturated heterocycles. The van der Waals surface area contributed by atoms with Gasteiger partial charge < -0.3 is 31.8 Å². The number of benzene rings is 23. The summed E-state index contributed by atoms with van der Waals surface area (Å²) in [5.41, 5.74) is 41.1. The van der Waals surface area contributed by atoms with Gasteiger partial charge in [-0.15, -0.1) is 11.3 Å². The van der Waals surface area contributed by atoms with Gasteiger partial charge in [-0.2, -0.15) is 0 Å². The Morgan fingerprint density at radius 2 is 0.483 bits per heavy atom. The highest BCUT2D eigenvalue weighted by molar-refractivity contribution is 7.27. The summed E-state index contributed by atoms with van der Waals surface area (Å²) < 4.78 is 23.7. The van der Waals surface area contributed by atoms with E-state index in [1.54, 1.807) is 0 Å². The van der Waals surface area contributed by atoms with E-state index in [0.29, 0.717) is 0 Å². The van der Waals surface area contributed by atoms with Crippen molar-refractivity contribution in [3.8, 4) is 101 Å². The summed E-state index contributed by atoms with van der Waals surface area (Å²) >= 11 is 1.92. The molecule has 32 rings (SSSR count). The molecule has 0 amide bonds. The van der Waals surface area contributed by atoms with Crippen LogP contribution < -0.4 is 0 Å².